The van der Waals surface area contributed by atoms with Crippen LogP contribution in [0.1, 0.15) is 21.5 Å². The molecular weight excluding hydrogens is 232 g/mol. The molecule has 0 radical (unpaired) electrons. The highest BCUT2D eigenvalue weighted by Gasteiger charge is 2.10. The lowest BCUT2D eigenvalue weighted by molar-refractivity contribution is 0.102. The summed E-state index contributed by atoms with van der Waals surface area (Å²) in [5.41, 5.74) is 9.93. The van der Waals surface area contributed by atoms with Crippen molar-refractivity contribution in [3.05, 3.63) is 45.6 Å². The van der Waals surface area contributed by atoms with Crippen molar-refractivity contribution in [3.8, 4) is 0 Å². The van der Waals surface area contributed by atoms with Crippen LogP contribution < -0.4 is 11.1 Å². The van der Waals surface area contributed by atoms with Crippen molar-refractivity contribution in [1.82, 2.24) is 0 Å². The van der Waals surface area contributed by atoms with E-state index >= 15 is 0 Å². The lowest BCUT2D eigenvalue weighted by atomic mass is 10.1. The van der Waals surface area contributed by atoms with Crippen LogP contribution in [0.5, 0.6) is 0 Å². The van der Waals surface area contributed by atoms with Gasteiger partial charge in [0.05, 0.1) is 5.56 Å². The Morgan fingerprint density at radius 1 is 1.24 bits per heavy atom. The van der Waals surface area contributed by atoms with Crippen molar-refractivity contribution in [2.45, 2.75) is 13.8 Å². The van der Waals surface area contributed by atoms with E-state index in [0.29, 0.717) is 11.3 Å². The number of nitrogens with one attached hydrogen (secondary N) is 1. The number of anilines is 2. The Balaban J connectivity index is 2.19. The van der Waals surface area contributed by atoms with Gasteiger partial charge in [0.2, 0.25) is 0 Å². The molecule has 1 aromatic heterocycles. The predicted octanol–water partition coefficient (Wildman–Crippen LogP) is 3.20. The van der Waals surface area contributed by atoms with Gasteiger partial charge < -0.3 is 11.1 Å². The molecule has 1 aromatic carbocycles. The molecule has 0 atom stereocenters. The first-order valence-electron chi connectivity index (χ1n) is 5.28. The Bertz CT molecular complexity index is 560. The molecule has 1 heterocycles. The van der Waals surface area contributed by atoms with Crippen molar-refractivity contribution < 1.29 is 4.79 Å². The largest absolute Gasteiger partial charge is 0.398 e. The van der Waals surface area contributed by atoms with E-state index in [-0.39, 0.29) is 5.91 Å². The fourth-order valence-electron chi connectivity index (χ4n) is 1.51. The highest BCUT2D eigenvalue weighted by molar-refractivity contribution is 7.08. The van der Waals surface area contributed by atoms with E-state index in [4.69, 9.17) is 5.73 Å². The molecule has 2 rings (SSSR count). The van der Waals surface area contributed by atoms with E-state index in [9.17, 15) is 4.79 Å². The summed E-state index contributed by atoms with van der Waals surface area (Å²) in [5, 5.41) is 6.65. The van der Waals surface area contributed by atoms with Gasteiger partial charge in [-0.2, -0.15) is 11.3 Å². The number of thiophene rings is 1. The van der Waals surface area contributed by atoms with Crippen molar-refractivity contribution in [2.75, 3.05) is 11.1 Å². The number of carbonyl (C=O) groups is 1. The molecule has 1 amide bonds. The third kappa shape index (κ3) is 2.47. The first-order valence-corrected chi connectivity index (χ1v) is 6.22. The first kappa shape index (κ1) is 11.7. The van der Waals surface area contributed by atoms with Gasteiger partial charge in [0.15, 0.2) is 0 Å². The van der Waals surface area contributed by atoms with Gasteiger partial charge in [-0.15, -0.1) is 0 Å². The minimum atomic E-state index is -0.0907. The summed E-state index contributed by atoms with van der Waals surface area (Å²) in [6.07, 6.45) is 0. The van der Waals surface area contributed by atoms with E-state index in [2.05, 4.69) is 5.32 Å². The van der Waals surface area contributed by atoms with Crippen molar-refractivity contribution in [1.29, 1.82) is 0 Å². The quantitative estimate of drug-likeness (QED) is 0.799. The monoisotopic (exact) mass is 246 g/mol. The maximum Gasteiger partial charge on any atom is 0.256 e. The minimum Gasteiger partial charge on any atom is -0.398 e. The summed E-state index contributed by atoms with van der Waals surface area (Å²) in [4.78, 5) is 11.9. The number of aryl methyl sites for hydroxylation is 2. The average molecular weight is 246 g/mol. The Kier molecular flexibility index (Phi) is 3.15. The summed E-state index contributed by atoms with van der Waals surface area (Å²) in [6, 6.07) is 5.52. The summed E-state index contributed by atoms with van der Waals surface area (Å²) in [5.74, 6) is -0.0907. The van der Waals surface area contributed by atoms with E-state index in [0.717, 1.165) is 16.8 Å². The van der Waals surface area contributed by atoms with E-state index in [1.165, 1.54) is 11.3 Å². The zero-order valence-electron chi connectivity index (χ0n) is 9.78. The zero-order chi connectivity index (χ0) is 12.4. The number of nitrogen functional groups attached to an aromatic ring is 1. The molecule has 2 aromatic rings. The maximum atomic E-state index is 11.9. The van der Waals surface area contributed by atoms with Gasteiger partial charge in [-0.1, -0.05) is 6.07 Å². The molecule has 0 saturated heterocycles. The van der Waals surface area contributed by atoms with E-state index in [1.807, 2.05) is 36.7 Å². The van der Waals surface area contributed by atoms with Crippen LogP contribution in [0.4, 0.5) is 11.4 Å². The number of nitrogens with two attached hydrogens (primary N) is 1. The molecule has 0 aliphatic carbocycles. The van der Waals surface area contributed by atoms with Gasteiger partial charge in [-0.25, -0.2) is 0 Å². The molecule has 0 aliphatic heterocycles. The van der Waals surface area contributed by atoms with Gasteiger partial charge in [-0.3, -0.25) is 4.79 Å². The maximum absolute atomic E-state index is 11.9. The second kappa shape index (κ2) is 4.59. The smallest absolute Gasteiger partial charge is 0.256 e. The van der Waals surface area contributed by atoms with Crippen LogP contribution in [-0.4, -0.2) is 5.91 Å². The topological polar surface area (TPSA) is 55.1 Å². The summed E-state index contributed by atoms with van der Waals surface area (Å²) in [6.45, 7) is 3.86. The minimum absolute atomic E-state index is 0.0907. The normalized spacial score (nSPS) is 10.2. The summed E-state index contributed by atoms with van der Waals surface area (Å²) in [7, 11) is 0. The number of hydrogen-bond acceptors (Lipinski definition) is 3. The zero-order valence-corrected chi connectivity index (χ0v) is 10.6. The summed E-state index contributed by atoms with van der Waals surface area (Å²) < 4.78 is 0. The lowest BCUT2D eigenvalue weighted by Crippen LogP contribution is -2.12. The molecule has 0 bridgehead atoms. The molecule has 4 heteroatoms. The molecule has 17 heavy (non-hydrogen) atoms. The van der Waals surface area contributed by atoms with Crippen LogP contribution in [0.3, 0.4) is 0 Å². The molecule has 3 nitrogen and oxygen atoms in total. The Morgan fingerprint density at radius 3 is 2.59 bits per heavy atom. The van der Waals surface area contributed by atoms with Crippen LogP contribution in [0.15, 0.2) is 29.0 Å². The standard InChI is InChI=1S/C13H14N2OS/c1-8-3-4-10(5-12(8)14)15-13(16)11-7-17-6-9(11)2/h3-7H,14H2,1-2H3,(H,15,16). The number of amides is 1. The van der Waals surface area contributed by atoms with Gasteiger partial charge in [0.25, 0.3) is 5.91 Å². The van der Waals surface area contributed by atoms with Gasteiger partial charge >= 0.3 is 0 Å². The highest BCUT2D eigenvalue weighted by atomic mass is 32.1. The third-order valence-corrected chi connectivity index (χ3v) is 3.50. The fourth-order valence-corrected chi connectivity index (χ4v) is 2.34. The second-order valence-electron chi connectivity index (χ2n) is 3.99. The van der Waals surface area contributed by atoms with Gasteiger partial charge in [0, 0.05) is 16.8 Å². The van der Waals surface area contributed by atoms with Crippen LogP contribution in [-0.2, 0) is 0 Å². The van der Waals surface area contributed by atoms with E-state index in [1.54, 1.807) is 6.07 Å². The Morgan fingerprint density at radius 2 is 2.00 bits per heavy atom. The van der Waals surface area contributed by atoms with Crippen molar-refractivity contribution >= 4 is 28.6 Å². The first-order chi connectivity index (χ1) is 8.08. The van der Waals surface area contributed by atoms with Crippen LogP contribution in [0.25, 0.3) is 0 Å². The average Bonchev–Trinajstić information content (AvgIpc) is 2.70. The third-order valence-electron chi connectivity index (χ3n) is 2.64. The number of hydrogen-bond donors (Lipinski definition) is 2. The van der Waals surface area contributed by atoms with Crippen molar-refractivity contribution in [3.63, 3.8) is 0 Å². The predicted molar refractivity (Wildman–Crippen MR) is 72.6 cm³/mol. The Hall–Kier alpha value is -1.81. The molecule has 0 aliphatic rings. The Labute approximate surface area is 104 Å². The van der Waals surface area contributed by atoms with Gasteiger partial charge in [0.1, 0.15) is 0 Å². The summed E-state index contributed by atoms with van der Waals surface area (Å²) >= 11 is 1.53. The second-order valence-corrected chi connectivity index (χ2v) is 4.74. The number of benzene rings is 1. The molecule has 0 saturated carbocycles. The highest BCUT2D eigenvalue weighted by Crippen LogP contribution is 2.19. The number of rotatable bonds is 2. The molecule has 0 fully saturated rings. The molecule has 88 valence electrons. The fraction of sp³-hybridized carbons (Fsp3) is 0.154. The molecule has 3 N–H and O–H groups in total. The molecule has 0 unspecified atom stereocenters. The molecular formula is C13H14N2OS. The van der Waals surface area contributed by atoms with Crippen LogP contribution in [0, 0.1) is 13.8 Å². The SMILES string of the molecule is Cc1ccc(NC(=O)c2cscc2C)cc1N. The van der Waals surface area contributed by atoms with Crippen LogP contribution >= 0.6 is 11.3 Å². The van der Waals surface area contributed by atoms with Gasteiger partial charge in [-0.05, 0) is 42.5 Å². The van der Waals surface area contributed by atoms with Crippen LogP contribution in [0.2, 0.25) is 0 Å². The van der Waals surface area contributed by atoms with E-state index < -0.39 is 0 Å². The van der Waals surface area contributed by atoms with Crippen molar-refractivity contribution in [2.24, 2.45) is 0 Å². The molecule has 0 spiro atoms. The lowest BCUT2D eigenvalue weighted by Gasteiger charge is -2.07. The number of carbonyl (C=O) groups excluding carboxylic acids is 1.